The quantitative estimate of drug-likeness (QED) is 0.380. The monoisotopic (exact) mass is 385 g/mol. The fraction of sp³-hybridized carbons (Fsp3) is 1.00. The summed E-state index contributed by atoms with van der Waals surface area (Å²) < 4.78 is 20.6. The molecule has 7 heteroatoms. The van der Waals surface area contributed by atoms with Gasteiger partial charge in [-0.2, -0.15) is 0 Å². The molecular formula is C5H9Br3O3P+. The maximum atomic E-state index is 10.9. The molecule has 0 rings (SSSR count). The third-order valence-corrected chi connectivity index (χ3v) is 2.62. The van der Waals surface area contributed by atoms with E-state index in [1.807, 2.05) is 0 Å². The Kier molecular flexibility index (Phi) is 10.1. The first-order valence-electron chi connectivity index (χ1n) is 3.24. The number of rotatable bonds is 7. The molecule has 0 spiro atoms. The van der Waals surface area contributed by atoms with E-state index in [1.165, 1.54) is 0 Å². The van der Waals surface area contributed by atoms with Crippen LogP contribution in [-0.4, -0.2) is 22.3 Å². The zero-order valence-corrected chi connectivity index (χ0v) is 11.9. The lowest BCUT2D eigenvalue weighted by atomic mass is 10.5. The first-order valence-corrected chi connectivity index (χ1v) is 7.29. The van der Waals surface area contributed by atoms with Crippen LogP contribution in [0.2, 0.25) is 0 Å². The first kappa shape index (κ1) is 13.5. The van der Waals surface area contributed by atoms with E-state index in [0.29, 0.717) is 13.2 Å². The molecule has 0 saturated heterocycles. The Morgan fingerprint density at radius 1 is 1.33 bits per heavy atom. The Hall–Kier alpha value is 1.46. The number of hydrogen-bond donors (Lipinski definition) is 0. The van der Waals surface area contributed by atoms with Gasteiger partial charge in [0.2, 0.25) is 0 Å². The Morgan fingerprint density at radius 3 is 2.50 bits per heavy atom. The van der Waals surface area contributed by atoms with E-state index in [9.17, 15) is 4.57 Å². The van der Waals surface area contributed by atoms with Gasteiger partial charge in [0.1, 0.15) is 13.2 Å². The average Bonchev–Trinajstić information content (AvgIpc) is 2.01. The van der Waals surface area contributed by atoms with Gasteiger partial charge in [0.25, 0.3) is 0 Å². The van der Waals surface area contributed by atoms with Crippen molar-refractivity contribution in [1.29, 1.82) is 0 Å². The van der Waals surface area contributed by atoms with Crippen LogP contribution in [0.4, 0.5) is 0 Å². The summed E-state index contributed by atoms with van der Waals surface area (Å²) in [5.41, 5.74) is 0. The van der Waals surface area contributed by atoms with Crippen LogP contribution in [0, 0.1) is 0 Å². The topological polar surface area (TPSA) is 35.5 Å². The predicted molar refractivity (Wildman–Crippen MR) is 59.6 cm³/mol. The van der Waals surface area contributed by atoms with Gasteiger partial charge in [0, 0.05) is 9.90 Å². The molecule has 0 aromatic carbocycles. The van der Waals surface area contributed by atoms with Crippen molar-refractivity contribution < 1.29 is 13.6 Å². The molecule has 1 atom stereocenters. The molecule has 72 valence electrons. The summed E-state index contributed by atoms with van der Waals surface area (Å²) in [5.74, 6) is 0. The molecule has 0 amide bonds. The lowest BCUT2D eigenvalue weighted by Crippen LogP contribution is -1.97. The third kappa shape index (κ3) is 9.55. The van der Waals surface area contributed by atoms with Crippen molar-refractivity contribution in [3.05, 3.63) is 0 Å². The minimum Gasteiger partial charge on any atom is -0.119 e. The molecule has 0 aliphatic rings. The molecule has 12 heavy (non-hydrogen) atoms. The van der Waals surface area contributed by atoms with Crippen molar-refractivity contribution in [2.45, 2.75) is 10.2 Å². The maximum Gasteiger partial charge on any atom is 0.697 e. The highest BCUT2D eigenvalue weighted by Gasteiger charge is 2.20. The van der Waals surface area contributed by atoms with Gasteiger partial charge in [-0.15, -0.1) is 9.05 Å². The fourth-order valence-electron chi connectivity index (χ4n) is 0.348. The van der Waals surface area contributed by atoms with Crippen molar-refractivity contribution in [3.63, 3.8) is 0 Å². The van der Waals surface area contributed by atoms with Crippen LogP contribution in [0.1, 0.15) is 6.42 Å². The van der Waals surface area contributed by atoms with E-state index < -0.39 is 8.25 Å². The smallest absolute Gasteiger partial charge is 0.119 e. The van der Waals surface area contributed by atoms with E-state index in [2.05, 4.69) is 47.8 Å². The van der Waals surface area contributed by atoms with Crippen LogP contribution < -0.4 is 0 Å². The number of alkyl halides is 3. The Labute approximate surface area is 97.9 Å². The lowest BCUT2D eigenvalue weighted by Gasteiger charge is -1.92. The normalized spacial score (nSPS) is 12.2. The maximum absolute atomic E-state index is 10.9. The average molecular weight is 388 g/mol. The molecule has 0 fully saturated rings. The van der Waals surface area contributed by atoms with Gasteiger partial charge in [-0.05, 0) is 6.42 Å². The predicted octanol–water partition coefficient (Wildman–Crippen LogP) is 3.58. The highest BCUT2D eigenvalue weighted by molar-refractivity contribution is 9.24. The van der Waals surface area contributed by atoms with Crippen LogP contribution in [-0.2, 0) is 13.6 Å². The molecule has 0 bridgehead atoms. The van der Waals surface area contributed by atoms with Crippen molar-refractivity contribution in [2.75, 3.05) is 18.5 Å². The second-order valence-corrected chi connectivity index (χ2v) is 6.98. The molecule has 0 aliphatic carbocycles. The highest BCUT2D eigenvalue weighted by Crippen LogP contribution is 2.25. The first-order chi connectivity index (χ1) is 5.66. The van der Waals surface area contributed by atoms with Crippen molar-refractivity contribution in [2.24, 2.45) is 0 Å². The molecule has 0 aromatic rings. The van der Waals surface area contributed by atoms with E-state index in [0.717, 1.165) is 11.8 Å². The van der Waals surface area contributed by atoms with Gasteiger partial charge in [-0.1, -0.05) is 47.8 Å². The largest absolute Gasteiger partial charge is 0.697 e. The Morgan fingerprint density at radius 2 is 2.00 bits per heavy atom. The summed E-state index contributed by atoms with van der Waals surface area (Å²) in [6.45, 7) is 0.777. The minimum absolute atomic E-state index is 0.0173. The summed E-state index contributed by atoms with van der Waals surface area (Å²) in [5, 5.41) is 0.843. The van der Waals surface area contributed by atoms with Gasteiger partial charge < -0.3 is 0 Å². The van der Waals surface area contributed by atoms with Crippen molar-refractivity contribution in [1.82, 2.24) is 0 Å². The molecule has 0 aliphatic heterocycles. The van der Waals surface area contributed by atoms with Crippen LogP contribution in [0.15, 0.2) is 0 Å². The summed E-state index contributed by atoms with van der Waals surface area (Å²) in [4.78, 5) is 0. The molecule has 0 N–H and O–H groups in total. The number of halogens is 3. The third-order valence-electron chi connectivity index (χ3n) is 0.781. The molecule has 0 saturated carbocycles. The molecular weight excluding hydrogens is 379 g/mol. The molecule has 0 aromatic heterocycles. The van der Waals surface area contributed by atoms with E-state index in [4.69, 9.17) is 9.05 Å². The standard InChI is InChI=1S/C5H9Br3O3P/c6-2-1-3-10-12(9)11-4-5(7)8/h5H,1-4H2/q+1. The second-order valence-electron chi connectivity index (χ2n) is 1.79. The summed E-state index contributed by atoms with van der Waals surface area (Å²) in [6, 6.07) is 0. The van der Waals surface area contributed by atoms with Crippen LogP contribution in [0.25, 0.3) is 0 Å². The van der Waals surface area contributed by atoms with Crippen LogP contribution >= 0.6 is 56.0 Å². The van der Waals surface area contributed by atoms with E-state index in [1.54, 1.807) is 0 Å². The van der Waals surface area contributed by atoms with Crippen molar-refractivity contribution >= 4 is 56.0 Å². The van der Waals surface area contributed by atoms with Crippen LogP contribution in [0.5, 0.6) is 0 Å². The van der Waals surface area contributed by atoms with Gasteiger partial charge in [0.15, 0.2) is 0 Å². The highest BCUT2D eigenvalue weighted by atomic mass is 79.9. The van der Waals surface area contributed by atoms with Gasteiger partial charge in [-0.3, -0.25) is 0 Å². The Balaban J connectivity index is 3.22. The molecule has 0 heterocycles. The Bertz CT molecular complexity index is 133. The lowest BCUT2D eigenvalue weighted by molar-refractivity contribution is 0.235. The molecule has 0 radical (unpaired) electrons. The zero-order valence-electron chi connectivity index (χ0n) is 6.21. The van der Waals surface area contributed by atoms with Gasteiger partial charge in [-0.25, -0.2) is 0 Å². The van der Waals surface area contributed by atoms with Crippen LogP contribution in [0.3, 0.4) is 0 Å². The minimum atomic E-state index is -1.96. The second kappa shape index (κ2) is 9.03. The molecule has 1 unspecified atom stereocenters. The summed E-state index contributed by atoms with van der Waals surface area (Å²) in [6.07, 6.45) is 0.830. The van der Waals surface area contributed by atoms with Gasteiger partial charge >= 0.3 is 8.25 Å². The summed E-state index contributed by atoms with van der Waals surface area (Å²) in [7, 11) is -1.96. The molecule has 3 nitrogen and oxygen atoms in total. The SMILES string of the molecule is O=[P+](OCCCBr)OCC(Br)Br. The van der Waals surface area contributed by atoms with E-state index in [-0.39, 0.29) is 3.74 Å². The summed E-state index contributed by atoms with van der Waals surface area (Å²) >= 11 is 9.60. The fourth-order valence-corrected chi connectivity index (χ4v) is 1.87. The van der Waals surface area contributed by atoms with E-state index >= 15 is 0 Å². The zero-order chi connectivity index (χ0) is 9.40. The van der Waals surface area contributed by atoms with Crippen molar-refractivity contribution in [3.8, 4) is 0 Å². The number of hydrogen-bond acceptors (Lipinski definition) is 3. The van der Waals surface area contributed by atoms with Gasteiger partial charge in [0.05, 0.1) is 3.74 Å².